The molecule has 4 N–H and O–H groups in total. The number of nitrogens with one attached hydrogen (secondary N) is 2. The highest BCUT2D eigenvalue weighted by Crippen LogP contribution is 2.11. The Kier molecular flexibility index (Phi) is 12.2. The molecule has 1 atom stereocenters. The maximum absolute atomic E-state index is 11.9. The summed E-state index contributed by atoms with van der Waals surface area (Å²) in [7, 11) is 0. The standard InChI is InChI=1S/C15H22BrN3O2S.ClH/c1-22-9-6-13(17)15(21)19-8-3-7-18-14(20)11-4-2-5-12(16)10-11;/h2,4-5,10,13H,3,6-9,17H2,1H3,(H,18,20)(H,19,21);1H/t13-;/m0./s1. The molecular formula is C15H23BrClN3O2S. The van der Waals surface area contributed by atoms with Crippen molar-refractivity contribution in [2.24, 2.45) is 5.73 Å². The molecule has 23 heavy (non-hydrogen) atoms. The normalized spacial score (nSPS) is 11.3. The van der Waals surface area contributed by atoms with E-state index in [0.29, 0.717) is 31.5 Å². The summed E-state index contributed by atoms with van der Waals surface area (Å²) >= 11 is 5.00. The first-order chi connectivity index (χ1) is 10.5. The molecule has 0 aromatic heterocycles. The van der Waals surface area contributed by atoms with Crippen LogP contribution in [0.4, 0.5) is 0 Å². The average Bonchev–Trinajstić information content (AvgIpc) is 2.51. The Bertz CT molecular complexity index is 505. The Balaban J connectivity index is 0.00000484. The van der Waals surface area contributed by atoms with E-state index in [1.165, 1.54) is 0 Å². The number of rotatable bonds is 9. The summed E-state index contributed by atoms with van der Waals surface area (Å²) in [6, 6.07) is 6.75. The smallest absolute Gasteiger partial charge is 0.251 e. The number of nitrogens with two attached hydrogens (primary N) is 1. The van der Waals surface area contributed by atoms with Gasteiger partial charge in [0.05, 0.1) is 6.04 Å². The van der Waals surface area contributed by atoms with Crippen LogP contribution in [0.25, 0.3) is 0 Å². The molecule has 0 saturated heterocycles. The summed E-state index contributed by atoms with van der Waals surface area (Å²) in [6.07, 6.45) is 3.33. The van der Waals surface area contributed by atoms with E-state index in [4.69, 9.17) is 5.73 Å². The monoisotopic (exact) mass is 423 g/mol. The molecule has 0 unspecified atom stereocenters. The minimum atomic E-state index is -0.455. The maximum atomic E-state index is 11.9. The van der Waals surface area contributed by atoms with Crippen LogP contribution in [0.2, 0.25) is 0 Å². The lowest BCUT2D eigenvalue weighted by atomic mass is 10.2. The molecule has 5 nitrogen and oxygen atoms in total. The summed E-state index contributed by atoms with van der Waals surface area (Å²) in [5.74, 6) is 0.619. The maximum Gasteiger partial charge on any atom is 0.251 e. The van der Waals surface area contributed by atoms with Gasteiger partial charge < -0.3 is 16.4 Å². The van der Waals surface area contributed by atoms with Crippen LogP contribution in [0.3, 0.4) is 0 Å². The molecule has 2 amide bonds. The summed E-state index contributed by atoms with van der Waals surface area (Å²) in [5.41, 5.74) is 6.37. The Morgan fingerprint density at radius 2 is 2.00 bits per heavy atom. The van der Waals surface area contributed by atoms with Crippen molar-refractivity contribution >= 4 is 51.9 Å². The molecule has 0 heterocycles. The lowest BCUT2D eigenvalue weighted by Gasteiger charge is -2.11. The SMILES string of the molecule is CSCC[C@H](N)C(=O)NCCCNC(=O)c1cccc(Br)c1.Cl. The van der Waals surface area contributed by atoms with Crippen LogP contribution in [0, 0.1) is 0 Å². The van der Waals surface area contributed by atoms with E-state index in [2.05, 4.69) is 26.6 Å². The van der Waals surface area contributed by atoms with Crippen LogP contribution in [0.15, 0.2) is 28.7 Å². The van der Waals surface area contributed by atoms with Gasteiger partial charge in [-0.05, 0) is 43.0 Å². The topological polar surface area (TPSA) is 84.2 Å². The molecule has 0 aliphatic heterocycles. The quantitative estimate of drug-likeness (QED) is 0.531. The zero-order valence-electron chi connectivity index (χ0n) is 13.0. The molecule has 0 saturated carbocycles. The third-order valence-electron chi connectivity index (χ3n) is 2.99. The third kappa shape index (κ3) is 9.20. The van der Waals surface area contributed by atoms with Gasteiger partial charge in [0.1, 0.15) is 0 Å². The zero-order chi connectivity index (χ0) is 16.4. The average molecular weight is 425 g/mol. The van der Waals surface area contributed by atoms with Gasteiger partial charge in [0.25, 0.3) is 5.91 Å². The first kappa shape index (κ1) is 22.2. The van der Waals surface area contributed by atoms with Gasteiger partial charge in [-0.15, -0.1) is 12.4 Å². The van der Waals surface area contributed by atoms with Gasteiger partial charge in [0, 0.05) is 23.1 Å². The van der Waals surface area contributed by atoms with Crippen molar-refractivity contribution in [1.82, 2.24) is 10.6 Å². The van der Waals surface area contributed by atoms with Gasteiger partial charge in [-0.1, -0.05) is 22.0 Å². The Hall–Kier alpha value is -0.760. The Morgan fingerprint density at radius 1 is 1.30 bits per heavy atom. The predicted molar refractivity (Wildman–Crippen MR) is 102 cm³/mol. The summed E-state index contributed by atoms with van der Waals surface area (Å²) in [6.45, 7) is 1.01. The highest BCUT2D eigenvalue weighted by Gasteiger charge is 2.11. The fourth-order valence-corrected chi connectivity index (χ4v) is 2.63. The van der Waals surface area contributed by atoms with Gasteiger partial charge >= 0.3 is 0 Å². The van der Waals surface area contributed by atoms with Gasteiger partial charge in [0.2, 0.25) is 5.91 Å². The van der Waals surface area contributed by atoms with Crippen molar-refractivity contribution in [2.75, 3.05) is 25.1 Å². The highest BCUT2D eigenvalue weighted by atomic mass is 79.9. The van der Waals surface area contributed by atoms with Crippen molar-refractivity contribution in [3.8, 4) is 0 Å². The number of carbonyl (C=O) groups excluding carboxylic acids is 2. The van der Waals surface area contributed by atoms with Crippen LogP contribution in [0.1, 0.15) is 23.2 Å². The largest absolute Gasteiger partial charge is 0.355 e. The molecule has 130 valence electrons. The van der Waals surface area contributed by atoms with E-state index in [1.54, 1.807) is 23.9 Å². The van der Waals surface area contributed by atoms with Crippen molar-refractivity contribution in [1.29, 1.82) is 0 Å². The number of benzene rings is 1. The zero-order valence-corrected chi connectivity index (χ0v) is 16.2. The lowest BCUT2D eigenvalue weighted by molar-refractivity contribution is -0.122. The summed E-state index contributed by atoms with van der Waals surface area (Å²) in [4.78, 5) is 23.5. The van der Waals surface area contributed by atoms with E-state index >= 15 is 0 Å². The fourth-order valence-electron chi connectivity index (χ4n) is 1.74. The molecule has 0 bridgehead atoms. The molecule has 1 rings (SSSR count). The van der Waals surface area contributed by atoms with Crippen molar-refractivity contribution in [3.05, 3.63) is 34.3 Å². The molecule has 1 aromatic rings. The first-order valence-electron chi connectivity index (χ1n) is 7.10. The highest BCUT2D eigenvalue weighted by molar-refractivity contribution is 9.10. The van der Waals surface area contributed by atoms with E-state index in [0.717, 1.165) is 10.2 Å². The minimum Gasteiger partial charge on any atom is -0.355 e. The van der Waals surface area contributed by atoms with Crippen LogP contribution in [-0.2, 0) is 4.79 Å². The molecular weight excluding hydrogens is 402 g/mol. The first-order valence-corrected chi connectivity index (χ1v) is 9.29. The molecule has 8 heteroatoms. The minimum absolute atomic E-state index is 0. The predicted octanol–water partition coefficient (Wildman–Crippen LogP) is 2.19. The second-order valence-corrected chi connectivity index (χ2v) is 6.70. The van der Waals surface area contributed by atoms with Crippen LogP contribution < -0.4 is 16.4 Å². The third-order valence-corrected chi connectivity index (χ3v) is 4.13. The van der Waals surface area contributed by atoms with Crippen LogP contribution >= 0.6 is 40.1 Å². The van der Waals surface area contributed by atoms with Crippen LogP contribution in [-0.4, -0.2) is 43.0 Å². The van der Waals surface area contributed by atoms with Gasteiger partial charge in [0.15, 0.2) is 0 Å². The molecule has 0 fully saturated rings. The number of hydrogen-bond acceptors (Lipinski definition) is 4. The second-order valence-electron chi connectivity index (χ2n) is 4.80. The molecule has 0 aliphatic carbocycles. The second kappa shape index (κ2) is 12.6. The van der Waals surface area contributed by atoms with Gasteiger partial charge in [-0.3, -0.25) is 9.59 Å². The number of carbonyl (C=O) groups is 2. The lowest BCUT2D eigenvalue weighted by Crippen LogP contribution is -2.41. The summed E-state index contributed by atoms with van der Waals surface area (Å²) in [5, 5.41) is 5.60. The van der Waals surface area contributed by atoms with Crippen LogP contribution in [0.5, 0.6) is 0 Å². The van der Waals surface area contributed by atoms with Gasteiger partial charge in [-0.25, -0.2) is 0 Å². The van der Waals surface area contributed by atoms with Gasteiger partial charge in [-0.2, -0.15) is 11.8 Å². The molecule has 0 radical (unpaired) electrons. The van der Waals surface area contributed by atoms with Crippen molar-refractivity contribution in [3.63, 3.8) is 0 Å². The van der Waals surface area contributed by atoms with Crippen molar-refractivity contribution in [2.45, 2.75) is 18.9 Å². The number of amides is 2. The molecule has 0 aliphatic rings. The fraction of sp³-hybridized carbons (Fsp3) is 0.467. The summed E-state index contributed by atoms with van der Waals surface area (Å²) < 4.78 is 0.867. The number of halogens is 2. The molecule has 0 spiro atoms. The Morgan fingerprint density at radius 3 is 2.65 bits per heavy atom. The van der Waals surface area contributed by atoms with E-state index in [1.807, 2.05) is 18.4 Å². The van der Waals surface area contributed by atoms with E-state index in [-0.39, 0.29) is 24.2 Å². The van der Waals surface area contributed by atoms with E-state index < -0.39 is 6.04 Å². The molecule has 1 aromatic carbocycles. The number of thioether (sulfide) groups is 1. The van der Waals surface area contributed by atoms with Crippen molar-refractivity contribution < 1.29 is 9.59 Å². The number of hydrogen-bond donors (Lipinski definition) is 3. The van der Waals surface area contributed by atoms with E-state index in [9.17, 15) is 9.59 Å². The Labute approximate surface area is 156 Å².